The molecule has 4 heteroatoms. The average Bonchev–Trinajstić information content (AvgIpc) is 2.88. The topological polar surface area (TPSA) is 53.3 Å². The lowest BCUT2D eigenvalue weighted by Crippen LogP contribution is -2.34. The molecule has 1 aliphatic heterocycles. The van der Waals surface area contributed by atoms with Gasteiger partial charge in [0.25, 0.3) is 0 Å². The highest BCUT2D eigenvalue weighted by molar-refractivity contribution is 5.74. The van der Waals surface area contributed by atoms with Crippen LogP contribution in [0.1, 0.15) is 12.0 Å². The molecule has 2 atom stereocenters. The number of ether oxygens (including phenoxy) is 1. The molecule has 0 bridgehead atoms. The molecule has 0 aliphatic carbocycles. The number of hydrogen-bond donors (Lipinski definition) is 0. The molecule has 1 aromatic carbocycles. The molecule has 0 spiro atoms. The zero-order chi connectivity index (χ0) is 14.4. The summed E-state index contributed by atoms with van der Waals surface area (Å²) in [4.78, 5) is 14.0. The van der Waals surface area contributed by atoms with Gasteiger partial charge in [-0.15, -0.1) is 0 Å². The number of benzene rings is 1. The molecular formula is C16H18N2O2. The highest BCUT2D eigenvalue weighted by Gasteiger charge is 2.37. The van der Waals surface area contributed by atoms with Crippen LogP contribution < -0.4 is 0 Å². The van der Waals surface area contributed by atoms with Crippen molar-refractivity contribution in [3.63, 3.8) is 0 Å². The Kier molecular flexibility index (Phi) is 4.91. The molecule has 0 radical (unpaired) electrons. The third kappa shape index (κ3) is 3.25. The molecular weight excluding hydrogens is 252 g/mol. The van der Waals surface area contributed by atoms with Gasteiger partial charge < -0.3 is 4.74 Å². The first kappa shape index (κ1) is 14.3. The Labute approximate surface area is 119 Å². The predicted molar refractivity (Wildman–Crippen MR) is 75.5 cm³/mol. The van der Waals surface area contributed by atoms with Gasteiger partial charge >= 0.3 is 5.97 Å². The minimum absolute atomic E-state index is 0.0673. The quantitative estimate of drug-likeness (QED) is 0.621. The second kappa shape index (κ2) is 6.88. The van der Waals surface area contributed by atoms with Crippen molar-refractivity contribution in [3.05, 3.63) is 48.0 Å². The molecule has 4 nitrogen and oxygen atoms in total. The van der Waals surface area contributed by atoms with Crippen molar-refractivity contribution in [1.29, 1.82) is 5.26 Å². The Morgan fingerprint density at radius 1 is 1.50 bits per heavy atom. The number of hydrogen-bond acceptors (Lipinski definition) is 4. The van der Waals surface area contributed by atoms with Crippen LogP contribution in [0.15, 0.2) is 42.5 Å². The maximum atomic E-state index is 11.8. The molecule has 104 valence electrons. The molecule has 20 heavy (non-hydrogen) atoms. The third-order valence-electron chi connectivity index (χ3n) is 3.66. The van der Waals surface area contributed by atoms with Crippen LogP contribution in [-0.4, -0.2) is 30.6 Å². The Morgan fingerprint density at radius 2 is 2.25 bits per heavy atom. The highest BCUT2D eigenvalue weighted by atomic mass is 16.5. The van der Waals surface area contributed by atoms with Gasteiger partial charge in [-0.25, -0.2) is 0 Å². The van der Waals surface area contributed by atoms with E-state index in [0.717, 1.165) is 19.5 Å². The lowest BCUT2D eigenvalue weighted by Gasteiger charge is -2.24. The number of carbonyl (C=O) groups excluding carboxylic acids is 1. The summed E-state index contributed by atoms with van der Waals surface area (Å²) in [7, 11) is 1.41. The van der Waals surface area contributed by atoms with E-state index >= 15 is 0 Å². The molecule has 1 aromatic rings. The second-order valence-electron chi connectivity index (χ2n) is 4.85. The first-order chi connectivity index (χ1) is 9.76. The van der Waals surface area contributed by atoms with Crippen molar-refractivity contribution in [2.75, 3.05) is 13.7 Å². The maximum absolute atomic E-state index is 11.8. The number of carbonyl (C=O) groups is 1. The Balaban J connectivity index is 2.14. The van der Waals surface area contributed by atoms with Crippen molar-refractivity contribution in [2.24, 2.45) is 5.92 Å². The fraction of sp³-hybridized carbons (Fsp3) is 0.375. The van der Waals surface area contributed by atoms with E-state index in [1.165, 1.54) is 18.7 Å². The van der Waals surface area contributed by atoms with E-state index in [-0.39, 0.29) is 17.9 Å². The second-order valence-corrected chi connectivity index (χ2v) is 4.85. The number of allylic oxidation sites excluding steroid dienone is 1. The molecule has 1 fully saturated rings. The number of nitrogens with zero attached hydrogens (tertiary/aromatic N) is 2. The van der Waals surface area contributed by atoms with Gasteiger partial charge in [-0.2, -0.15) is 5.26 Å². The largest absolute Gasteiger partial charge is 0.469 e. The van der Waals surface area contributed by atoms with Crippen LogP contribution in [0.25, 0.3) is 0 Å². The van der Waals surface area contributed by atoms with E-state index in [1.807, 2.05) is 24.3 Å². The summed E-state index contributed by atoms with van der Waals surface area (Å²) < 4.78 is 4.86. The number of rotatable bonds is 4. The summed E-state index contributed by atoms with van der Waals surface area (Å²) in [6.07, 6.45) is 4.02. The van der Waals surface area contributed by atoms with Gasteiger partial charge in [-0.3, -0.25) is 9.69 Å². The van der Waals surface area contributed by atoms with Crippen LogP contribution in [0.4, 0.5) is 0 Å². The van der Waals surface area contributed by atoms with Gasteiger partial charge in [0.15, 0.2) is 0 Å². The fourth-order valence-corrected chi connectivity index (χ4v) is 2.69. The number of nitriles is 1. The standard InChI is InChI=1S/C16H18N2O2/c1-20-16(19)14-9-11-18(15(14)8-5-10-17)12-13-6-3-2-4-7-13/h2-8,14-15H,9,11-12H2,1H3/b8-5+/t14-,15+/m1/s1. The Morgan fingerprint density at radius 3 is 2.90 bits per heavy atom. The minimum atomic E-state index is -0.201. The molecule has 0 saturated carbocycles. The molecule has 1 heterocycles. The molecule has 0 amide bonds. The van der Waals surface area contributed by atoms with Crippen LogP contribution in [0.2, 0.25) is 0 Å². The third-order valence-corrected chi connectivity index (χ3v) is 3.66. The molecule has 0 aromatic heterocycles. The average molecular weight is 270 g/mol. The van der Waals surface area contributed by atoms with Crippen LogP contribution >= 0.6 is 0 Å². The lowest BCUT2D eigenvalue weighted by atomic mass is 10.00. The molecule has 1 saturated heterocycles. The van der Waals surface area contributed by atoms with Crippen LogP contribution in [0.5, 0.6) is 0 Å². The van der Waals surface area contributed by atoms with Gasteiger partial charge in [-0.1, -0.05) is 36.4 Å². The zero-order valence-corrected chi connectivity index (χ0v) is 11.5. The van der Waals surface area contributed by atoms with Crippen LogP contribution in [0, 0.1) is 17.2 Å². The van der Waals surface area contributed by atoms with Crippen molar-refractivity contribution < 1.29 is 9.53 Å². The minimum Gasteiger partial charge on any atom is -0.469 e. The Bertz CT molecular complexity index is 519. The van der Waals surface area contributed by atoms with Gasteiger partial charge in [0.2, 0.25) is 0 Å². The summed E-state index contributed by atoms with van der Waals surface area (Å²) in [5.41, 5.74) is 1.20. The van der Waals surface area contributed by atoms with E-state index in [0.29, 0.717) is 0 Å². The summed E-state index contributed by atoms with van der Waals surface area (Å²) in [6.45, 7) is 1.60. The highest BCUT2D eigenvalue weighted by Crippen LogP contribution is 2.28. The van der Waals surface area contributed by atoms with Crippen molar-refractivity contribution >= 4 is 5.97 Å². The fourth-order valence-electron chi connectivity index (χ4n) is 2.69. The molecule has 1 aliphatic rings. The first-order valence-electron chi connectivity index (χ1n) is 6.68. The van der Waals surface area contributed by atoms with Gasteiger partial charge in [0.05, 0.1) is 19.1 Å². The summed E-state index contributed by atoms with van der Waals surface area (Å²) >= 11 is 0. The zero-order valence-electron chi connectivity index (χ0n) is 11.5. The Hall–Kier alpha value is -2.12. The summed E-state index contributed by atoms with van der Waals surface area (Å²) in [5.74, 6) is -0.388. The van der Waals surface area contributed by atoms with Crippen LogP contribution in [0.3, 0.4) is 0 Å². The van der Waals surface area contributed by atoms with Gasteiger partial charge in [0, 0.05) is 25.2 Å². The van der Waals surface area contributed by atoms with E-state index < -0.39 is 0 Å². The van der Waals surface area contributed by atoms with Gasteiger partial charge in [-0.05, 0) is 12.0 Å². The monoisotopic (exact) mass is 270 g/mol. The molecule has 0 N–H and O–H groups in total. The summed E-state index contributed by atoms with van der Waals surface area (Å²) in [6, 6.07) is 12.1. The maximum Gasteiger partial charge on any atom is 0.310 e. The predicted octanol–water partition coefficient (Wildman–Crippen LogP) is 2.13. The molecule has 2 rings (SSSR count). The van der Waals surface area contributed by atoms with Crippen molar-refractivity contribution in [1.82, 2.24) is 4.90 Å². The van der Waals surface area contributed by atoms with Crippen LogP contribution in [-0.2, 0) is 16.1 Å². The number of methoxy groups -OCH3 is 1. The summed E-state index contributed by atoms with van der Waals surface area (Å²) in [5, 5.41) is 8.71. The van der Waals surface area contributed by atoms with Crippen molar-refractivity contribution in [2.45, 2.75) is 19.0 Å². The normalized spacial score (nSPS) is 22.8. The lowest BCUT2D eigenvalue weighted by molar-refractivity contribution is -0.145. The van der Waals surface area contributed by atoms with E-state index in [1.54, 1.807) is 6.08 Å². The SMILES string of the molecule is COC(=O)[C@@H]1CCN(Cc2ccccc2)[C@H]1/C=C/C#N. The van der Waals surface area contributed by atoms with E-state index in [2.05, 4.69) is 17.0 Å². The van der Waals surface area contributed by atoms with E-state index in [9.17, 15) is 4.79 Å². The van der Waals surface area contributed by atoms with E-state index in [4.69, 9.17) is 10.00 Å². The van der Waals surface area contributed by atoms with Crippen molar-refractivity contribution in [3.8, 4) is 6.07 Å². The van der Waals surface area contributed by atoms with Gasteiger partial charge in [0.1, 0.15) is 0 Å². The number of likely N-dealkylation sites (tertiary alicyclic amines) is 1. The first-order valence-corrected chi connectivity index (χ1v) is 6.68. The smallest absolute Gasteiger partial charge is 0.310 e. The molecule has 0 unspecified atom stereocenters. The number of esters is 1.